The molecular formula is C33H23F6NO2S2. The smallest absolute Gasteiger partial charge is 0.380 e. The number of thioether (sulfide) groups is 2. The van der Waals surface area contributed by atoms with E-state index in [0.29, 0.717) is 32.3 Å². The highest BCUT2D eigenvalue weighted by atomic mass is 32.2. The Balaban J connectivity index is 1.59. The summed E-state index contributed by atoms with van der Waals surface area (Å²) in [7, 11) is 3.27. The van der Waals surface area contributed by atoms with Crippen molar-refractivity contribution in [3.8, 4) is 5.75 Å². The van der Waals surface area contributed by atoms with Crippen molar-refractivity contribution in [2.45, 2.75) is 34.2 Å². The average Bonchev–Trinajstić information content (AvgIpc) is 3.59. The van der Waals surface area contributed by atoms with Gasteiger partial charge < -0.3 is 9.64 Å². The summed E-state index contributed by atoms with van der Waals surface area (Å²) in [6.07, 6.45) is 15.3. The molecule has 1 aromatic carbocycles. The Morgan fingerprint density at radius 2 is 1.25 bits per heavy atom. The predicted molar refractivity (Wildman–Crippen MR) is 160 cm³/mol. The van der Waals surface area contributed by atoms with Gasteiger partial charge in [0.15, 0.2) is 5.78 Å². The van der Waals surface area contributed by atoms with Gasteiger partial charge in [0.2, 0.25) is 0 Å². The molecule has 2 atom stereocenters. The number of hydrogen-bond acceptors (Lipinski definition) is 5. The van der Waals surface area contributed by atoms with Crippen LogP contribution in [0.2, 0.25) is 0 Å². The van der Waals surface area contributed by atoms with Crippen LogP contribution in [0, 0.1) is 0 Å². The van der Waals surface area contributed by atoms with Crippen LogP contribution in [-0.4, -0.2) is 47.4 Å². The lowest BCUT2D eigenvalue weighted by Gasteiger charge is -2.50. The van der Waals surface area contributed by atoms with E-state index in [0.717, 1.165) is 11.8 Å². The quantitative estimate of drug-likeness (QED) is 0.302. The van der Waals surface area contributed by atoms with Gasteiger partial charge in [-0.2, -0.15) is 26.3 Å². The molecule has 6 aliphatic rings. The maximum atomic E-state index is 16.0. The number of alkyl halides is 6. The van der Waals surface area contributed by atoms with Crippen molar-refractivity contribution in [1.29, 1.82) is 0 Å². The summed E-state index contributed by atoms with van der Waals surface area (Å²) in [6.45, 7) is 1.66. The second-order valence-corrected chi connectivity index (χ2v) is 14.0. The van der Waals surface area contributed by atoms with Gasteiger partial charge in [0.1, 0.15) is 5.75 Å². The Bertz CT molecular complexity index is 1790. The number of carbonyl (C=O) groups excluding carboxylic acids is 1. The summed E-state index contributed by atoms with van der Waals surface area (Å²) in [4.78, 5) is 14.5. The molecule has 0 radical (unpaired) electrons. The van der Waals surface area contributed by atoms with Crippen molar-refractivity contribution in [2.24, 2.45) is 0 Å². The molecule has 3 aliphatic carbocycles. The maximum absolute atomic E-state index is 16.0. The highest BCUT2D eigenvalue weighted by Gasteiger charge is 2.84. The first kappa shape index (κ1) is 29.2. The third-order valence-electron chi connectivity index (χ3n) is 8.80. The van der Waals surface area contributed by atoms with Crippen LogP contribution in [-0.2, 0) is 9.54 Å². The van der Waals surface area contributed by atoms with Gasteiger partial charge in [-0.25, -0.2) is 0 Å². The van der Waals surface area contributed by atoms with Crippen LogP contribution < -0.4 is 4.74 Å². The van der Waals surface area contributed by atoms with Crippen molar-refractivity contribution >= 4 is 29.3 Å². The minimum Gasteiger partial charge on any atom is -0.497 e. The summed E-state index contributed by atoms with van der Waals surface area (Å²) >= 11 is 2.32. The fraction of sp³-hybridized carbons (Fsp3) is 0.242. The van der Waals surface area contributed by atoms with E-state index in [2.05, 4.69) is 0 Å². The van der Waals surface area contributed by atoms with Gasteiger partial charge in [-0.05, 0) is 95.5 Å². The molecule has 0 fully saturated rings. The zero-order valence-electron chi connectivity index (χ0n) is 23.4. The molecule has 0 saturated heterocycles. The standard InChI is InChI=1S/C33H23F6NO2S2/c1-29-23(16-25(43-29)19-12-14-40(2)15-13-19)27-28(32(36,37)33(38,39)31(27,34)35)24-17-26(18-4-8-21(41)9-5-18)44-30(24,29)20-6-10-22(42-3)11-7-20/h4-17H,1-3H3. The van der Waals surface area contributed by atoms with Crippen molar-refractivity contribution in [3.05, 3.63) is 134 Å². The number of rotatable bonds is 2. The molecule has 0 bridgehead atoms. The molecular weight excluding hydrogens is 620 g/mol. The van der Waals surface area contributed by atoms with Crippen LogP contribution in [0.1, 0.15) is 12.5 Å². The lowest BCUT2D eigenvalue weighted by Crippen LogP contribution is -2.50. The van der Waals surface area contributed by atoms with Crippen LogP contribution in [0.5, 0.6) is 5.75 Å². The average molecular weight is 644 g/mol. The number of halogens is 6. The summed E-state index contributed by atoms with van der Waals surface area (Å²) in [5.74, 6) is -15.8. The Morgan fingerprint density at radius 3 is 1.84 bits per heavy atom. The third kappa shape index (κ3) is 3.53. The number of carbonyl (C=O) groups is 1. The van der Waals surface area contributed by atoms with Crippen molar-refractivity contribution in [3.63, 3.8) is 0 Å². The van der Waals surface area contributed by atoms with Crippen molar-refractivity contribution in [2.75, 3.05) is 14.2 Å². The Labute approximate surface area is 257 Å². The highest BCUT2D eigenvalue weighted by Crippen LogP contribution is 2.78. The van der Waals surface area contributed by atoms with Crippen molar-refractivity contribution < 1.29 is 35.9 Å². The zero-order valence-corrected chi connectivity index (χ0v) is 25.1. The number of ether oxygens (including phenoxy) is 1. The molecule has 226 valence electrons. The minimum atomic E-state index is -5.67. The number of nitrogens with zero attached hydrogens (tertiary/aromatic N) is 1. The minimum absolute atomic E-state index is 0.265. The third-order valence-corrected chi connectivity index (χ3v) is 12.2. The lowest BCUT2D eigenvalue weighted by atomic mass is 9.66. The molecule has 3 aliphatic heterocycles. The van der Waals surface area contributed by atoms with E-state index in [1.54, 1.807) is 67.7 Å². The van der Waals surface area contributed by atoms with Gasteiger partial charge in [-0.1, -0.05) is 12.1 Å². The number of ketones is 1. The molecule has 0 amide bonds. The van der Waals surface area contributed by atoms with E-state index in [1.807, 2.05) is 0 Å². The number of methoxy groups -OCH3 is 1. The molecule has 7 rings (SSSR count). The van der Waals surface area contributed by atoms with Gasteiger partial charge in [0.05, 0.1) is 16.6 Å². The van der Waals surface area contributed by atoms with Crippen LogP contribution in [0.25, 0.3) is 0 Å². The van der Waals surface area contributed by atoms with E-state index in [9.17, 15) is 4.79 Å². The van der Waals surface area contributed by atoms with Gasteiger partial charge >= 0.3 is 17.8 Å². The Morgan fingerprint density at radius 1 is 0.727 bits per heavy atom. The molecule has 2 unspecified atom stereocenters. The molecule has 0 aromatic heterocycles. The second-order valence-electron chi connectivity index (χ2n) is 11.2. The van der Waals surface area contributed by atoms with E-state index in [-0.39, 0.29) is 16.9 Å². The molecule has 1 aromatic rings. The second kappa shape index (κ2) is 9.23. The first-order valence-electron chi connectivity index (χ1n) is 13.5. The molecule has 0 N–H and O–H groups in total. The van der Waals surface area contributed by atoms with Gasteiger partial charge in [-0.15, -0.1) is 23.5 Å². The molecule has 0 saturated carbocycles. The van der Waals surface area contributed by atoms with Crippen LogP contribution in [0.15, 0.2) is 129 Å². The van der Waals surface area contributed by atoms with Crippen molar-refractivity contribution in [1.82, 2.24) is 4.90 Å². The number of hydrogen-bond donors (Lipinski definition) is 0. The number of fused-ring (bicyclic) bond motifs is 5. The van der Waals surface area contributed by atoms with Crippen LogP contribution in [0.3, 0.4) is 0 Å². The fourth-order valence-corrected chi connectivity index (χ4v) is 9.90. The normalized spacial score (nSPS) is 30.6. The first-order valence-corrected chi connectivity index (χ1v) is 15.2. The topological polar surface area (TPSA) is 29.5 Å². The molecule has 11 heteroatoms. The lowest BCUT2D eigenvalue weighted by molar-refractivity contribution is -0.263. The summed E-state index contributed by atoms with van der Waals surface area (Å²) in [5.41, 5.74) is -1.69. The Kier molecular flexibility index (Phi) is 6.12. The first-order chi connectivity index (χ1) is 20.7. The largest absolute Gasteiger partial charge is 0.497 e. The van der Waals surface area contributed by atoms with E-state index in [1.165, 1.54) is 55.3 Å². The van der Waals surface area contributed by atoms with Gasteiger partial charge in [0, 0.05) is 40.4 Å². The zero-order chi connectivity index (χ0) is 31.4. The van der Waals surface area contributed by atoms with Crippen LogP contribution in [0.4, 0.5) is 26.3 Å². The summed E-state index contributed by atoms with van der Waals surface area (Å²) in [6, 6.07) is 6.56. The molecule has 3 nitrogen and oxygen atoms in total. The van der Waals surface area contributed by atoms with Gasteiger partial charge in [-0.3, -0.25) is 4.79 Å². The maximum Gasteiger partial charge on any atom is 0.380 e. The highest BCUT2D eigenvalue weighted by molar-refractivity contribution is 8.09. The molecule has 3 heterocycles. The SMILES string of the molecule is COc1ccc(C23SC(=C4C=CC(=O)C=C4)C=C2C2=C(C4=CC(=C5C=CN(C)C=C5)SC43C)C(F)(F)C(F)(F)C2(F)F)cc1. The van der Waals surface area contributed by atoms with E-state index in [4.69, 9.17) is 4.74 Å². The fourth-order valence-electron chi connectivity index (χ4n) is 6.55. The van der Waals surface area contributed by atoms with Gasteiger partial charge in [0.25, 0.3) is 0 Å². The van der Waals surface area contributed by atoms with Crippen LogP contribution >= 0.6 is 23.5 Å². The van der Waals surface area contributed by atoms with E-state index < -0.39 is 38.4 Å². The monoisotopic (exact) mass is 643 g/mol. The summed E-state index contributed by atoms with van der Waals surface area (Å²) < 4.78 is 96.6. The number of allylic oxidation sites excluding steroid dienone is 12. The molecule has 0 spiro atoms. The predicted octanol–water partition coefficient (Wildman–Crippen LogP) is 8.40. The molecule has 44 heavy (non-hydrogen) atoms. The number of benzene rings is 1. The Hall–Kier alpha value is -3.57. The van der Waals surface area contributed by atoms with E-state index >= 15 is 26.3 Å². The summed E-state index contributed by atoms with van der Waals surface area (Å²) in [5, 5.41) is 0.